The third kappa shape index (κ3) is 6.39. The molecular weight excluding hydrogens is 324 g/mol. The van der Waals surface area contributed by atoms with Crippen LogP contribution in [0.25, 0.3) is 0 Å². The van der Waals surface area contributed by atoms with Gasteiger partial charge in [0, 0.05) is 12.6 Å². The molecule has 1 aliphatic carbocycles. The Morgan fingerprint density at radius 2 is 1.92 bits per heavy atom. The number of nitrogens with one attached hydrogen (secondary N) is 3. The first-order valence-corrected chi connectivity index (χ1v) is 10.5. The van der Waals surface area contributed by atoms with Crippen LogP contribution in [-0.2, 0) is 16.6 Å². The molecule has 6 nitrogen and oxygen atoms in total. The van der Waals surface area contributed by atoms with E-state index < -0.39 is 10.0 Å². The molecule has 0 bridgehead atoms. The molecule has 0 radical (unpaired) electrons. The van der Waals surface area contributed by atoms with Gasteiger partial charge in [0.05, 0.1) is 18.5 Å². The number of anilines is 1. The molecule has 1 aromatic carbocycles. The Hall–Kier alpha value is -1.76. The zero-order valence-electron chi connectivity index (χ0n) is 14.5. The van der Waals surface area contributed by atoms with Crippen molar-refractivity contribution in [2.45, 2.75) is 51.6 Å². The van der Waals surface area contributed by atoms with Gasteiger partial charge in [0.25, 0.3) is 0 Å². The standard InChI is InChI=1S/C17H28N4O2S/c1-3-18-17(20-15-10-5-4-6-11-15)19-13-14-9-7-8-12-16(14)21-24(2,22)23/h7-9,12,15,21H,3-6,10-11,13H2,1-2H3,(H2,18,19,20). The Morgan fingerprint density at radius 1 is 1.21 bits per heavy atom. The van der Waals surface area contributed by atoms with Crippen LogP contribution in [0.1, 0.15) is 44.6 Å². The van der Waals surface area contributed by atoms with Crippen molar-refractivity contribution in [3.8, 4) is 0 Å². The number of hydrogen-bond donors (Lipinski definition) is 3. The molecule has 1 aliphatic rings. The van der Waals surface area contributed by atoms with Crippen molar-refractivity contribution in [2.75, 3.05) is 17.5 Å². The minimum atomic E-state index is -3.30. The van der Waals surface area contributed by atoms with Gasteiger partial charge in [0.15, 0.2) is 5.96 Å². The summed E-state index contributed by atoms with van der Waals surface area (Å²) >= 11 is 0. The predicted molar refractivity (Wildman–Crippen MR) is 99.7 cm³/mol. The zero-order valence-corrected chi connectivity index (χ0v) is 15.3. The fraction of sp³-hybridized carbons (Fsp3) is 0.588. The quantitative estimate of drug-likeness (QED) is 0.542. The Kier molecular flexibility index (Phi) is 6.90. The van der Waals surface area contributed by atoms with E-state index in [0.29, 0.717) is 18.3 Å². The smallest absolute Gasteiger partial charge is 0.229 e. The molecule has 0 saturated heterocycles. The second-order valence-electron chi connectivity index (χ2n) is 6.21. The predicted octanol–water partition coefficient (Wildman–Crippen LogP) is 2.45. The van der Waals surface area contributed by atoms with Crippen LogP contribution in [-0.4, -0.2) is 33.2 Å². The average Bonchev–Trinajstić information content (AvgIpc) is 2.53. The maximum absolute atomic E-state index is 11.5. The number of aliphatic imine (C=N–C) groups is 1. The highest BCUT2D eigenvalue weighted by atomic mass is 32.2. The van der Waals surface area contributed by atoms with Gasteiger partial charge in [-0.3, -0.25) is 4.72 Å². The fourth-order valence-corrected chi connectivity index (χ4v) is 3.48. The molecular formula is C17H28N4O2S. The van der Waals surface area contributed by atoms with Gasteiger partial charge < -0.3 is 10.6 Å². The van der Waals surface area contributed by atoms with Gasteiger partial charge >= 0.3 is 0 Å². The van der Waals surface area contributed by atoms with Crippen molar-refractivity contribution in [3.05, 3.63) is 29.8 Å². The van der Waals surface area contributed by atoms with E-state index in [0.717, 1.165) is 24.3 Å². The van der Waals surface area contributed by atoms with E-state index in [1.54, 1.807) is 6.07 Å². The summed E-state index contributed by atoms with van der Waals surface area (Å²) < 4.78 is 25.5. The van der Waals surface area contributed by atoms with E-state index in [4.69, 9.17) is 0 Å². The molecule has 3 N–H and O–H groups in total. The van der Waals surface area contributed by atoms with Gasteiger partial charge in [0.1, 0.15) is 0 Å². The summed E-state index contributed by atoms with van der Waals surface area (Å²) in [4.78, 5) is 4.63. The highest BCUT2D eigenvalue weighted by Gasteiger charge is 2.14. The van der Waals surface area contributed by atoms with E-state index in [1.165, 1.54) is 32.1 Å². The monoisotopic (exact) mass is 352 g/mol. The van der Waals surface area contributed by atoms with Crippen LogP contribution in [0.4, 0.5) is 5.69 Å². The number of sulfonamides is 1. The largest absolute Gasteiger partial charge is 0.357 e. The highest BCUT2D eigenvalue weighted by molar-refractivity contribution is 7.92. The summed E-state index contributed by atoms with van der Waals surface area (Å²) in [5.74, 6) is 0.790. The minimum Gasteiger partial charge on any atom is -0.357 e. The van der Waals surface area contributed by atoms with Crippen molar-refractivity contribution < 1.29 is 8.42 Å². The van der Waals surface area contributed by atoms with E-state index in [1.807, 2.05) is 25.1 Å². The molecule has 24 heavy (non-hydrogen) atoms. The summed E-state index contributed by atoms with van der Waals surface area (Å²) in [5, 5.41) is 6.76. The highest BCUT2D eigenvalue weighted by Crippen LogP contribution is 2.18. The van der Waals surface area contributed by atoms with E-state index >= 15 is 0 Å². The van der Waals surface area contributed by atoms with E-state index in [-0.39, 0.29) is 0 Å². The average molecular weight is 353 g/mol. The number of benzene rings is 1. The molecule has 1 aromatic rings. The zero-order chi connectivity index (χ0) is 17.4. The second-order valence-corrected chi connectivity index (χ2v) is 7.95. The molecule has 0 unspecified atom stereocenters. The first-order valence-electron chi connectivity index (χ1n) is 8.58. The molecule has 0 aromatic heterocycles. The Morgan fingerprint density at radius 3 is 2.58 bits per heavy atom. The maximum Gasteiger partial charge on any atom is 0.229 e. The summed E-state index contributed by atoms with van der Waals surface area (Å²) in [6.45, 7) is 3.25. The minimum absolute atomic E-state index is 0.417. The van der Waals surface area contributed by atoms with Crippen molar-refractivity contribution >= 4 is 21.7 Å². The van der Waals surface area contributed by atoms with Gasteiger partial charge in [-0.25, -0.2) is 13.4 Å². The van der Waals surface area contributed by atoms with Gasteiger partial charge in [-0.05, 0) is 31.4 Å². The molecule has 134 valence electrons. The van der Waals surface area contributed by atoms with Crippen LogP contribution >= 0.6 is 0 Å². The van der Waals surface area contributed by atoms with Crippen LogP contribution in [0.5, 0.6) is 0 Å². The molecule has 0 heterocycles. The van der Waals surface area contributed by atoms with Crippen LogP contribution in [0, 0.1) is 0 Å². The van der Waals surface area contributed by atoms with Gasteiger partial charge in [-0.1, -0.05) is 37.5 Å². The van der Waals surface area contributed by atoms with Crippen molar-refractivity contribution in [3.63, 3.8) is 0 Å². The lowest BCUT2D eigenvalue weighted by Gasteiger charge is -2.25. The number of hydrogen-bond acceptors (Lipinski definition) is 3. The van der Waals surface area contributed by atoms with Gasteiger partial charge in [-0.15, -0.1) is 0 Å². The second kappa shape index (κ2) is 8.92. The Balaban J connectivity index is 2.07. The molecule has 7 heteroatoms. The number of guanidine groups is 1. The third-order valence-corrected chi connectivity index (χ3v) is 4.60. The number of rotatable bonds is 6. The number of nitrogens with zero attached hydrogens (tertiary/aromatic N) is 1. The van der Waals surface area contributed by atoms with Gasteiger partial charge in [-0.2, -0.15) is 0 Å². The number of para-hydroxylation sites is 1. The van der Waals surface area contributed by atoms with Crippen LogP contribution in [0.15, 0.2) is 29.3 Å². The first-order chi connectivity index (χ1) is 11.5. The lowest BCUT2D eigenvalue weighted by atomic mass is 9.96. The van der Waals surface area contributed by atoms with Crippen molar-refractivity contribution in [1.82, 2.24) is 10.6 Å². The summed E-state index contributed by atoms with van der Waals surface area (Å²) in [6.07, 6.45) is 7.35. The topological polar surface area (TPSA) is 82.6 Å². The third-order valence-electron chi connectivity index (χ3n) is 4.01. The van der Waals surface area contributed by atoms with Gasteiger partial charge in [0.2, 0.25) is 10.0 Å². The Bertz CT molecular complexity index is 652. The van der Waals surface area contributed by atoms with Crippen molar-refractivity contribution in [2.24, 2.45) is 4.99 Å². The van der Waals surface area contributed by atoms with Crippen LogP contribution in [0.2, 0.25) is 0 Å². The van der Waals surface area contributed by atoms with Crippen LogP contribution in [0.3, 0.4) is 0 Å². The molecule has 0 aliphatic heterocycles. The summed E-state index contributed by atoms with van der Waals surface area (Å²) in [5.41, 5.74) is 1.43. The van der Waals surface area contributed by atoms with E-state index in [9.17, 15) is 8.42 Å². The maximum atomic E-state index is 11.5. The molecule has 1 fully saturated rings. The Labute approximate surface area is 145 Å². The molecule has 0 amide bonds. The molecule has 2 rings (SSSR count). The van der Waals surface area contributed by atoms with Crippen LogP contribution < -0.4 is 15.4 Å². The summed E-state index contributed by atoms with van der Waals surface area (Å²) in [7, 11) is -3.30. The van der Waals surface area contributed by atoms with E-state index in [2.05, 4.69) is 20.3 Å². The molecule has 0 atom stereocenters. The van der Waals surface area contributed by atoms with Crippen molar-refractivity contribution in [1.29, 1.82) is 0 Å². The molecule has 1 saturated carbocycles. The lowest BCUT2D eigenvalue weighted by molar-refractivity contribution is 0.410. The normalized spacial score (nSPS) is 16.7. The SMILES string of the molecule is CCNC(=NCc1ccccc1NS(C)(=O)=O)NC1CCCCC1. The fourth-order valence-electron chi connectivity index (χ4n) is 2.88. The lowest BCUT2D eigenvalue weighted by Crippen LogP contribution is -2.44. The molecule has 0 spiro atoms. The summed E-state index contributed by atoms with van der Waals surface area (Å²) in [6, 6.07) is 7.82. The first kappa shape index (κ1) is 18.6.